The molecule has 1 atom stereocenters. The molecule has 1 aromatic rings. The number of nitrogens with zero attached hydrogens (tertiary/aromatic N) is 1. The van der Waals surface area contributed by atoms with Crippen LogP contribution in [0.2, 0.25) is 0 Å². The second-order valence-corrected chi connectivity index (χ2v) is 5.75. The quantitative estimate of drug-likeness (QED) is 0.873. The van der Waals surface area contributed by atoms with Crippen molar-refractivity contribution in [1.82, 2.24) is 10.2 Å². The Bertz CT molecular complexity index is 617. The number of hydrogen-bond donors (Lipinski definition) is 1. The van der Waals surface area contributed by atoms with E-state index in [1.54, 1.807) is 14.0 Å². The Morgan fingerprint density at radius 3 is 2.36 bits per heavy atom. The van der Waals surface area contributed by atoms with Crippen LogP contribution in [0.25, 0.3) is 0 Å². The molecule has 5 nitrogen and oxygen atoms in total. The van der Waals surface area contributed by atoms with Crippen molar-refractivity contribution < 1.29 is 14.3 Å². The number of rotatable bonds is 3. The molecule has 1 heterocycles. The number of esters is 1. The van der Waals surface area contributed by atoms with Gasteiger partial charge in [0, 0.05) is 12.7 Å². The van der Waals surface area contributed by atoms with E-state index >= 15 is 0 Å². The van der Waals surface area contributed by atoms with Crippen LogP contribution < -0.4 is 5.32 Å². The van der Waals surface area contributed by atoms with E-state index in [9.17, 15) is 9.59 Å². The van der Waals surface area contributed by atoms with E-state index in [2.05, 4.69) is 19.2 Å². The van der Waals surface area contributed by atoms with Crippen molar-refractivity contribution in [3.05, 3.63) is 46.7 Å². The summed E-state index contributed by atoms with van der Waals surface area (Å²) in [5.41, 5.74) is 3.14. The largest absolute Gasteiger partial charge is 0.466 e. The maximum atomic E-state index is 12.1. The summed E-state index contributed by atoms with van der Waals surface area (Å²) in [4.78, 5) is 25.6. The smallest absolute Gasteiger partial charge is 0.337 e. The molecule has 22 heavy (non-hydrogen) atoms. The molecule has 1 aliphatic rings. The minimum absolute atomic E-state index is 0.233. The molecule has 0 radical (unpaired) electrons. The third-order valence-electron chi connectivity index (χ3n) is 4.10. The SMILES string of the molecule is COC(=O)C1=C(C)N(C)C(=O)N[C@@H]1c1ccc(C(C)C)cc1. The molecule has 5 heteroatoms. The zero-order valence-electron chi connectivity index (χ0n) is 13.6. The van der Waals surface area contributed by atoms with Gasteiger partial charge >= 0.3 is 12.0 Å². The van der Waals surface area contributed by atoms with Gasteiger partial charge in [0.2, 0.25) is 0 Å². The molecule has 1 aliphatic heterocycles. The van der Waals surface area contributed by atoms with E-state index in [4.69, 9.17) is 4.74 Å². The van der Waals surface area contributed by atoms with Gasteiger partial charge in [0.15, 0.2) is 0 Å². The highest BCUT2D eigenvalue weighted by Crippen LogP contribution is 2.31. The third-order valence-corrected chi connectivity index (χ3v) is 4.10. The standard InChI is InChI=1S/C17H22N2O3/c1-10(2)12-6-8-13(9-7-12)15-14(16(20)22-5)11(3)19(4)17(21)18-15/h6-10,15H,1-5H3,(H,18,21)/t15-/m1/s1. The highest BCUT2D eigenvalue weighted by Gasteiger charge is 2.34. The third kappa shape index (κ3) is 2.84. The topological polar surface area (TPSA) is 58.6 Å². The average Bonchev–Trinajstić information content (AvgIpc) is 2.51. The van der Waals surface area contributed by atoms with Crippen LogP contribution in [-0.2, 0) is 9.53 Å². The van der Waals surface area contributed by atoms with E-state index in [0.717, 1.165) is 5.56 Å². The van der Waals surface area contributed by atoms with Crippen molar-refractivity contribution in [2.45, 2.75) is 32.7 Å². The van der Waals surface area contributed by atoms with Crippen LogP contribution in [0.1, 0.15) is 43.9 Å². The summed E-state index contributed by atoms with van der Waals surface area (Å²) in [5.74, 6) is 0.000715. The van der Waals surface area contributed by atoms with Gasteiger partial charge in [0.1, 0.15) is 0 Å². The van der Waals surface area contributed by atoms with Gasteiger partial charge in [0.25, 0.3) is 0 Å². The molecule has 0 bridgehead atoms. The fourth-order valence-electron chi connectivity index (χ4n) is 2.53. The van der Waals surface area contributed by atoms with Crippen LogP contribution in [0.3, 0.4) is 0 Å². The number of nitrogens with one attached hydrogen (secondary N) is 1. The van der Waals surface area contributed by atoms with Crippen LogP contribution in [0, 0.1) is 0 Å². The minimum atomic E-state index is -0.489. The number of carbonyl (C=O) groups excluding carboxylic acids is 2. The first-order valence-electron chi connectivity index (χ1n) is 7.30. The first-order valence-corrected chi connectivity index (χ1v) is 7.30. The number of amides is 2. The van der Waals surface area contributed by atoms with Crippen molar-refractivity contribution in [3.8, 4) is 0 Å². The van der Waals surface area contributed by atoms with E-state index < -0.39 is 12.0 Å². The van der Waals surface area contributed by atoms with Crippen molar-refractivity contribution >= 4 is 12.0 Å². The van der Waals surface area contributed by atoms with Gasteiger partial charge in [-0.2, -0.15) is 0 Å². The summed E-state index contributed by atoms with van der Waals surface area (Å²) >= 11 is 0. The molecule has 0 saturated carbocycles. The highest BCUT2D eigenvalue weighted by atomic mass is 16.5. The van der Waals surface area contributed by atoms with Crippen LogP contribution in [-0.4, -0.2) is 31.1 Å². The molecule has 0 fully saturated rings. The van der Waals surface area contributed by atoms with E-state index in [1.807, 2.05) is 24.3 Å². The van der Waals surface area contributed by atoms with Crippen LogP contribution in [0.5, 0.6) is 0 Å². The highest BCUT2D eigenvalue weighted by molar-refractivity contribution is 5.94. The number of urea groups is 1. The van der Waals surface area contributed by atoms with Gasteiger partial charge in [0.05, 0.1) is 18.7 Å². The first-order chi connectivity index (χ1) is 10.4. The first kappa shape index (κ1) is 16.1. The summed E-state index contributed by atoms with van der Waals surface area (Å²) in [7, 11) is 2.98. The summed E-state index contributed by atoms with van der Waals surface area (Å²) in [6.45, 7) is 5.99. The lowest BCUT2D eigenvalue weighted by atomic mass is 9.93. The molecule has 0 saturated heterocycles. The zero-order valence-corrected chi connectivity index (χ0v) is 13.6. The van der Waals surface area contributed by atoms with Crippen LogP contribution in [0.15, 0.2) is 35.5 Å². The Labute approximate surface area is 130 Å². The van der Waals surface area contributed by atoms with E-state index in [-0.39, 0.29) is 6.03 Å². The Morgan fingerprint density at radius 2 is 1.86 bits per heavy atom. The molecule has 0 aromatic heterocycles. The number of hydrogen-bond acceptors (Lipinski definition) is 3. The molecule has 0 spiro atoms. The lowest BCUT2D eigenvalue weighted by Gasteiger charge is -2.33. The van der Waals surface area contributed by atoms with Gasteiger partial charge in [-0.1, -0.05) is 38.1 Å². The average molecular weight is 302 g/mol. The number of ether oxygens (including phenoxy) is 1. The molecule has 0 aliphatic carbocycles. The van der Waals surface area contributed by atoms with Gasteiger partial charge in [-0.15, -0.1) is 0 Å². The Balaban J connectivity index is 2.46. The van der Waals surface area contributed by atoms with E-state index in [0.29, 0.717) is 17.2 Å². The van der Waals surface area contributed by atoms with Crippen molar-refractivity contribution in [2.24, 2.45) is 0 Å². The number of methoxy groups -OCH3 is 1. The molecule has 2 amide bonds. The number of benzene rings is 1. The number of allylic oxidation sites excluding steroid dienone is 1. The van der Waals surface area contributed by atoms with Gasteiger partial charge in [-0.3, -0.25) is 0 Å². The van der Waals surface area contributed by atoms with E-state index in [1.165, 1.54) is 17.6 Å². The predicted molar refractivity (Wildman–Crippen MR) is 84.3 cm³/mol. The van der Waals surface area contributed by atoms with Crippen molar-refractivity contribution in [3.63, 3.8) is 0 Å². The normalized spacial score (nSPS) is 18.5. The summed E-state index contributed by atoms with van der Waals surface area (Å²) in [5, 5.41) is 2.86. The Kier molecular flexibility index (Phi) is 4.54. The minimum Gasteiger partial charge on any atom is -0.466 e. The van der Waals surface area contributed by atoms with Gasteiger partial charge < -0.3 is 15.0 Å². The second kappa shape index (κ2) is 6.22. The zero-order chi connectivity index (χ0) is 16.4. The molecule has 2 rings (SSSR count). The van der Waals surface area contributed by atoms with Gasteiger partial charge in [-0.25, -0.2) is 9.59 Å². The maximum absolute atomic E-state index is 12.1. The predicted octanol–water partition coefficient (Wildman–Crippen LogP) is 2.95. The molecule has 118 valence electrons. The molecule has 0 unspecified atom stereocenters. The Morgan fingerprint density at radius 1 is 1.27 bits per heavy atom. The van der Waals surface area contributed by atoms with Crippen molar-refractivity contribution in [1.29, 1.82) is 0 Å². The summed E-state index contributed by atoms with van der Waals surface area (Å²) < 4.78 is 4.88. The van der Waals surface area contributed by atoms with Crippen molar-refractivity contribution in [2.75, 3.05) is 14.2 Å². The fourth-order valence-corrected chi connectivity index (χ4v) is 2.53. The fraction of sp³-hybridized carbons (Fsp3) is 0.412. The Hall–Kier alpha value is -2.30. The summed E-state index contributed by atoms with van der Waals surface area (Å²) in [6, 6.07) is 7.22. The van der Waals surface area contributed by atoms with Gasteiger partial charge in [-0.05, 0) is 24.0 Å². The molecule has 1 aromatic carbocycles. The molecule has 1 N–H and O–H groups in total. The molecular formula is C17H22N2O3. The maximum Gasteiger partial charge on any atom is 0.337 e. The van der Waals surface area contributed by atoms with Crippen LogP contribution >= 0.6 is 0 Å². The lowest BCUT2D eigenvalue weighted by Crippen LogP contribution is -2.46. The second-order valence-electron chi connectivity index (χ2n) is 5.75. The monoisotopic (exact) mass is 302 g/mol. The summed E-state index contributed by atoms with van der Waals surface area (Å²) in [6.07, 6.45) is 0. The lowest BCUT2D eigenvalue weighted by molar-refractivity contribution is -0.136. The number of carbonyl (C=O) groups is 2. The molecular weight excluding hydrogens is 280 g/mol. The van der Waals surface area contributed by atoms with Crippen LogP contribution in [0.4, 0.5) is 4.79 Å².